The minimum atomic E-state index is -5.06. The first-order chi connectivity index (χ1) is 54.1. The normalized spacial score (nSPS) is 16.1. The number of aromatic nitrogens is 12. The number of carbonyl (C=O) groups excluding carboxylic acids is 3. The zero-order chi connectivity index (χ0) is 81.3. The molecule has 600 valence electrons. The molecule has 2 atom stereocenters. The summed E-state index contributed by atoms with van der Waals surface area (Å²) in [6, 6.07) is 39.8. The first-order valence-corrected chi connectivity index (χ1v) is 37.4. The highest BCUT2D eigenvalue weighted by Crippen LogP contribution is 2.37. The Morgan fingerprint density at radius 1 is 0.386 bits per heavy atom. The molecule has 24 nitrogen and oxygen atoms in total. The van der Waals surface area contributed by atoms with Crippen molar-refractivity contribution in [1.29, 1.82) is 0 Å². The van der Waals surface area contributed by atoms with Crippen LogP contribution in [0.4, 0.5) is 39.5 Å². The van der Waals surface area contributed by atoms with Gasteiger partial charge in [0.25, 0.3) is 34.4 Å². The number of amides is 3. The van der Waals surface area contributed by atoms with Crippen molar-refractivity contribution in [1.82, 2.24) is 73.9 Å². The summed E-state index contributed by atoms with van der Waals surface area (Å²) in [6.45, 7) is 5.47. The van der Waals surface area contributed by atoms with Crippen molar-refractivity contribution < 1.29 is 69.2 Å². The molecule has 3 fully saturated rings. The van der Waals surface area contributed by atoms with E-state index < -0.39 is 52.6 Å². The Kier molecular flexibility index (Phi) is 22.9. The summed E-state index contributed by atoms with van der Waals surface area (Å²) in [5.41, 5.74) is 0.618. The van der Waals surface area contributed by atoms with Gasteiger partial charge >= 0.3 is 12.4 Å². The lowest BCUT2D eigenvalue weighted by molar-refractivity contribution is -0.251. The standard InChI is InChI=1S/2C27H27F4N5O3.C27H30FN5O3/c2*1-26(39,27(29,30)31)24(38)35-14-12-16(13-15-35)6-11-19-22(17-7-9-18(28)10-8-17)34-36(23(19)37)25-32-20-4-2-3-5-21(20)33-25;1-27(2,36)25(35)32-15-13-17(14-16-32)7-12-20-23(18-8-10-19(28)11-9-18)31-33(24(20)34)26-29-21-5-3-4-6-22(21)30-26/h2*2-5,7-10,16,34,39H,6,11-15H2,1H3,(H,32,33);3-6,8-11,17,31,36H,7,12-16H2,1-2H3,(H,29,30)/t2*26-;/m10./s1. The lowest BCUT2D eigenvalue weighted by Crippen LogP contribution is -2.57. The molecular weight excluding hydrogens is 1500 g/mol. The Labute approximate surface area is 644 Å². The largest absolute Gasteiger partial charge is 0.426 e. The molecule has 3 saturated heterocycles. The van der Waals surface area contributed by atoms with E-state index in [1.54, 1.807) is 41.3 Å². The molecule has 3 aliphatic rings. The smallest absolute Gasteiger partial charge is 0.381 e. The van der Waals surface area contributed by atoms with E-state index in [4.69, 9.17) is 0 Å². The number of rotatable bonds is 18. The predicted octanol–water partition coefficient (Wildman–Crippen LogP) is 12.5. The van der Waals surface area contributed by atoms with Gasteiger partial charge < -0.3 is 45.0 Å². The van der Waals surface area contributed by atoms with E-state index in [0.29, 0.717) is 164 Å². The van der Waals surface area contributed by atoms with Gasteiger partial charge in [0.05, 0.1) is 50.2 Å². The number of nitrogens with one attached hydrogen (secondary N) is 6. The molecule has 3 amide bonds. The highest BCUT2D eigenvalue weighted by Gasteiger charge is 2.58. The quantitative estimate of drug-likeness (QED) is 0.0362. The van der Waals surface area contributed by atoms with E-state index >= 15 is 0 Å². The molecule has 0 spiro atoms. The van der Waals surface area contributed by atoms with E-state index in [1.807, 2.05) is 72.8 Å². The van der Waals surface area contributed by atoms with Gasteiger partial charge in [-0.3, -0.25) is 44.1 Å². The van der Waals surface area contributed by atoms with Gasteiger partial charge in [-0.2, -0.15) is 40.4 Å². The number of carbonyl (C=O) groups is 3. The van der Waals surface area contributed by atoms with Crippen LogP contribution in [0.5, 0.6) is 0 Å². The molecule has 9 heterocycles. The minimum Gasteiger partial charge on any atom is -0.381 e. The van der Waals surface area contributed by atoms with Crippen molar-refractivity contribution in [2.75, 3.05) is 39.3 Å². The van der Waals surface area contributed by atoms with E-state index in [0.717, 1.165) is 56.7 Å². The van der Waals surface area contributed by atoms with Crippen LogP contribution in [-0.4, -0.2) is 175 Å². The highest BCUT2D eigenvalue weighted by atomic mass is 19.4. The second-order valence-electron chi connectivity index (χ2n) is 30.1. The maximum Gasteiger partial charge on any atom is 0.426 e. The van der Waals surface area contributed by atoms with Gasteiger partial charge in [0.15, 0.2) is 0 Å². The Bertz CT molecular complexity index is 5290. The Balaban J connectivity index is 0.000000149. The van der Waals surface area contributed by atoms with E-state index in [2.05, 4.69) is 45.2 Å². The van der Waals surface area contributed by atoms with Crippen molar-refractivity contribution in [2.24, 2.45) is 17.8 Å². The predicted molar refractivity (Wildman–Crippen MR) is 407 cm³/mol. The summed E-state index contributed by atoms with van der Waals surface area (Å²) >= 11 is 0. The zero-order valence-electron chi connectivity index (χ0n) is 62.5. The molecule has 0 radical (unpaired) electrons. The number of H-pyrrole nitrogens is 6. The first-order valence-electron chi connectivity index (χ1n) is 37.4. The Morgan fingerprint density at radius 3 is 0.868 bits per heavy atom. The molecule has 0 aliphatic carbocycles. The number of hydrogen-bond acceptors (Lipinski definition) is 12. The van der Waals surface area contributed by atoms with Crippen molar-refractivity contribution in [3.05, 3.63) is 211 Å². The third-order valence-corrected chi connectivity index (χ3v) is 21.7. The van der Waals surface area contributed by atoms with Crippen LogP contribution in [0.1, 0.15) is 102 Å². The SMILES string of the molecule is CC(C)(O)C(=O)N1CCC(CCc2c(-c3ccc(F)cc3)[nH]n(-c3nc4ccccc4[nH]3)c2=O)CC1.C[C@@](O)(C(=O)N1CCC(CCc2c(-c3ccc(F)cc3)[nH]n(-c3nc4ccccc4[nH]3)c2=O)CC1)C(F)(F)F.C[C@](O)(C(=O)N1CCC(CCc2c(-c3ccc(F)cc3)[nH]n(-c3nc4ccccc4[nH]3)c2=O)CC1)C(F)(F)F. The maximum atomic E-state index is 13.6. The molecule has 15 rings (SSSR count). The number of piperidine rings is 3. The molecule has 0 saturated carbocycles. The molecule has 33 heteroatoms. The van der Waals surface area contributed by atoms with Crippen LogP contribution in [0.15, 0.2) is 160 Å². The minimum absolute atomic E-state index is 0.0555. The van der Waals surface area contributed by atoms with E-state index in [-0.39, 0.29) is 66.4 Å². The van der Waals surface area contributed by atoms with E-state index in [1.165, 1.54) is 64.3 Å². The van der Waals surface area contributed by atoms with Crippen molar-refractivity contribution >= 4 is 50.8 Å². The lowest BCUT2D eigenvalue weighted by atomic mass is 9.89. The van der Waals surface area contributed by atoms with Crippen molar-refractivity contribution in [3.63, 3.8) is 0 Å². The monoisotopic (exact) mass is 1580 g/mol. The van der Waals surface area contributed by atoms with Crippen LogP contribution in [-0.2, 0) is 33.6 Å². The Morgan fingerprint density at radius 2 is 0.632 bits per heavy atom. The summed E-state index contributed by atoms with van der Waals surface area (Å²) < 4.78 is 123. The molecular formula is C81H84F9N15O9. The Hall–Kier alpha value is -11.6. The summed E-state index contributed by atoms with van der Waals surface area (Å²) in [7, 11) is 0. The fraction of sp³-hybridized carbons (Fsp3) is 0.370. The number of halogens is 9. The maximum absolute atomic E-state index is 13.6. The van der Waals surface area contributed by atoms with Gasteiger partial charge in [-0.1, -0.05) is 36.4 Å². The molecule has 114 heavy (non-hydrogen) atoms. The third kappa shape index (κ3) is 17.2. The van der Waals surface area contributed by atoms with Crippen LogP contribution in [0.25, 0.3) is 84.7 Å². The van der Waals surface area contributed by atoms with Crippen molar-refractivity contribution in [2.45, 2.75) is 134 Å². The number of alkyl halides is 6. The number of fused-ring (bicyclic) bond motifs is 3. The van der Waals surface area contributed by atoms with Gasteiger partial charge in [0.1, 0.15) is 23.1 Å². The number of imidazole rings is 3. The van der Waals surface area contributed by atoms with Gasteiger partial charge in [0.2, 0.25) is 29.0 Å². The van der Waals surface area contributed by atoms with Crippen molar-refractivity contribution in [3.8, 4) is 51.6 Å². The first kappa shape index (κ1) is 80.5. The molecule has 6 aromatic heterocycles. The summed E-state index contributed by atoms with van der Waals surface area (Å²) in [6.07, 6.45) is -3.60. The van der Waals surface area contributed by atoms with Gasteiger partial charge in [-0.25, -0.2) is 28.1 Å². The average molecular weight is 1580 g/mol. The molecule has 12 aromatic rings. The summed E-state index contributed by atoms with van der Waals surface area (Å²) in [5.74, 6) is -2.66. The fourth-order valence-electron chi connectivity index (χ4n) is 14.8. The second kappa shape index (κ2) is 32.5. The lowest BCUT2D eigenvalue weighted by Gasteiger charge is -2.36. The topological polar surface area (TPSA) is 321 Å². The summed E-state index contributed by atoms with van der Waals surface area (Å²) in [4.78, 5) is 104. The van der Waals surface area contributed by atoms with Crippen LogP contribution in [0.3, 0.4) is 0 Å². The number of nitrogens with zero attached hydrogens (tertiary/aromatic N) is 9. The highest BCUT2D eigenvalue weighted by molar-refractivity contribution is 5.87. The number of likely N-dealkylation sites (tertiary alicyclic amines) is 3. The number of benzene rings is 6. The number of aromatic amines is 6. The van der Waals surface area contributed by atoms with E-state index in [9.17, 15) is 83.6 Å². The average Bonchev–Trinajstić information content (AvgIpc) is 1.63. The molecule has 9 N–H and O–H groups in total. The van der Waals surface area contributed by atoms with Gasteiger partial charge in [-0.15, -0.1) is 0 Å². The number of aliphatic hydroxyl groups is 3. The van der Waals surface area contributed by atoms with Crippen LogP contribution in [0.2, 0.25) is 0 Å². The van der Waals surface area contributed by atoms with Crippen LogP contribution < -0.4 is 16.7 Å². The van der Waals surface area contributed by atoms with Crippen LogP contribution in [0, 0.1) is 35.2 Å². The van der Waals surface area contributed by atoms with Gasteiger partial charge in [-0.05, 0) is 232 Å². The molecule has 6 aromatic carbocycles. The van der Waals surface area contributed by atoms with Gasteiger partial charge in [0, 0.05) is 72.6 Å². The fourth-order valence-corrected chi connectivity index (χ4v) is 14.8. The molecule has 0 bridgehead atoms. The zero-order valence-corrected chi connectivity index (χ0v) is 62.5. The second-order valence-corrected chi connectivity index (χ2v) is 30.1. The van der Waals surface area contributed by atoms with Crippen LogP contribution >= 0.6 is 0 Å². The molecule has 0 unspecified atom stereocenters. The number of hydrogen-bond donors (Lipinski definition) is 9. The number of para-hydroxylation sites is 6. The summed E-state index contributed by atoms with van der Waals surface area (Å²) in [5, 5.41) is 38.9. The molecule has 3 aliphatic heterocycles. The third-order valence-electron chi connectivity index (χ3n) is 21.7.